The number of anilines is 3. The molecule has 2 aromatic heterocycles. The van der Waals surface area contributed by atoms with Gasteiger partial charge in [0.1, 0.15) is 0 Å². The van der Waals surface area contributed by atoms with Crippen LogP contribution >= 0.6 is 0 Å². The Morgan fingerprint density at radius 1 is 1.19 bits per heavy atom. The smallest absolute Gasteiger partial charge is 0.270 e. The van der Waals surface area contributed by atoms with Crippen LogP contribution in [0.25, 0.3) is 16.7 Å². The number of non-ortho nitro benzene ring substituents is 1. The van der Waals surface area contributed by atoms with Crippen molar-refractivity contribution in [2.24, 2.45) is 5.73 Å². The molecule has 4 aromatic rings. The topological polar surface area (TPSA) is 135 Å². The summed E-state index contributed by atoms with van der Waals surface area (Å²) in [6.45, 7) is 7.05. The summed E-state index contributed by atoms with van der Waals surface area (Å²) in [4.78, 5) is 35.8. The van der Waals surface area contributed by atoms with Gasteiger partial charge in [0.2, 0.25) is 5.95 Å². The van der Waals surface area contributed by atoms with E-state index in [0.717, 1.165) is 50.3 Å². The summed E-state index contributed by atoms with van der Waals surface area (Å²) in [5.41, 5.74) is 7.43. The van der Waals surface area contributed by atoms with Gasteiger partial charge < -0.3 is 20.9 Å². The maximum absolute atomic E-state index is 14.9. The maximum atomic E-state index is 14.9. The number of rotatable bonds is 7. The van der Waals surface area contributed by atoms with Gasteiger partial charge >= 0.3 is 0 Å². The Bertz CT molecular complexity index is 1500. The summed E-state index contributed by atoms with van der Waals surface area (Å²) < 4.78 is 16.2. The number of benzene rings is 2. The Labute approximate surface area is 211 Å². The number of nitrogens with zero attached hydrogens (tertiary/aromatic N) is 6. The van der Waals surface area contributed by atoms with Gasteiger partial charge in [-0.05, 0) is 30.8 Å². The Morgan fingerprint density at radius 3 is 2.68 bits per heavy atom. The van der Waals surface area contributed by atoms with Gasteiger partial charge in [0.15, 0.2) is 11.6 Å². The molecular formula is C25H25FN8O3. The predicted molar refractivity (Wildman–Crippen MR) is 138 cm³/mol. The summed E-state index contributed by atoms with van der Waals surface area (Å²) in [5.74, 6) is -1.52. The van der Waals surface area contributed by atoms with E-state index in [0.29, 0.717) is 5.52 Å². The lowest BCUT2D eigenvalue weighted by atomic mass is 10.1. The van der Waals surface area contributed by atoms with E-state index in [1.54, 1.807) is 0 Å². The molecule has 0 radical (unpaired) electrons. The average molecular weight is 505 g/mol. The minimum absolute atomic E-state index is 0.0158. The summed E-state index contributed by atoms with van der Waals surface area (Å²) in [5, 5.41) is 14.6. The number of carbonyl (C=O) groups is 1. The quantitative estimate of drug-likeness (QED) is 0.289. The third kappa shape index (κ3) is 4.78. The van der Waals surface area contributed by atoms with Crippen molar-refractivity contribution in [3.05, 3.63) is 76.4 Å². The van der Waals surface area contributed by atoms with E-state index in [1.807, 2.05) is 24.3 Å². The van der Waals surface area contributed by atoms with Crippen molar-refractivity contribution >= 4 is 39.8 Å². The van der Waals surface area contributed by atoms with Crippen molar-refractivity contribution in [2.75, 3.05) is 42.9 Å². The van der Waals surface area contributed by atoms with E-state index in [2.05, 4.69) is 32.0 Å². The van der Waals surface area contributed by atoms with Gasteiger partial charge in [-0.3, -0.25) is 19.5 Å². The first-order valence-corrected chi connectivity index (χ1v) is 11.8. The molecule has 190 valence electrons. The molecule has 1 amide bonds. The molecule has 1 fully saturated rings. The standard InChI is InChI=1S/C25H25FN8O3/c1-2-31-8-10-32(11-9-31)17-5-3-4-16(12-17)29-25-28-14-21(26)24(30-25)33-15-20(23(27)35)19-13-18(34(36)37)6-7-22(19)33/h3-7,12-15H,2,8-11H2,1H3,(H2,27,35)(H,28,29,30). The number of nitrogens with two attached hydrogens (primary N) is 1. The molecular weight excluding hydrogens is 479 g/mol. The largest absolute Gasteiger partial charge is 0.369 e. The van der Waals surface area contributed by atoms with Gasteiger partial charge in [-0.25, -0.2) is 9.37 Å². The number of amides is 1. The SMILES string of the molecule is CCN1CCN(c2cccc(Nc3ncc(F)c(-n4cc(C(N)=O)c5cc([N+](=O)[O-])ccc54)n3)c2)CC1. The predicted octanol–water partition coefficient (Wildman–Crippen LogP) is 3.45. The number of primary amides is 1. The van der Waals surface area contributed by atoms with Crippen LogP contribution in [0.4, 0.5) is 27.4 Å². The number of hydrogen-bond donors (Lipinski definition) is 2. The second kappa shape index (κ2) is 9.82. The van der Waals surface area contributed by atoms with Crippen molar-refractivity contribution in [3.63, 3.8) is 0 Å². The van der Waals surface area contributed by atoms with Crippen LogP contribution in [0.15, 0.2) is 54.9 Å². The molecule has 1 aliphatic heterocycles. The molecule has 0 aliphatic carbocycles. The molecule has 3 heterocycles. The number of fused-ring (bicyclic) bond motifs is 1. The van der Waals surface area contributed by atoms with Crippen LogP contribution in [0.3, 0.4) is 0 Å². The van der Waals surface area contributed by atoms with Crippen LogP contribution in [0, 0.1) is 15.9 Å². The molecule has 0 unspecified atom stereocenters. The minimum atomic E-state index is -0.798. The molecule has 1 saturated heterocycles. The Kier molecular flexibility index (Phi) is 6.40. The molecule has 0 atom stereocenters. The number of nitrogens with one attached hydrogen (secondary N) is 1. The summed E-state index contributed by atoms with van der Waals surface area (Å²) in [6.07, 6.45) is 2.35. The van der Waals surface area contributed by atoms with Crippen LogP contribution in [-0.2, 0) is 0 Å². The van der Waals surface area contributed by atoms with Gasteiger partial charge in [-0.1, -0.05) is 13.0 Å². The fraction of sp³-hybridized carbons (Fsp3) is 0.240. The average Bonchev–Trinajstić information content (AvgIpc) is 3.29. The molecule has 0 spiro atoms. The third-order valence-corrected chi connectivity index (χ3v) is 6.51. The maximum Gasteiger partial charge on any atom is 0.270 e. The number of aromatic nitrogens is 3. The van der Waals surface area contributed by atoms with Gasteiger partial charge in [-0.15, -0.1) is 0 Å². The van der Waals surface area contributed by atoms with Crippen LogP contribution in [0.5, 0.6) is 0 Å². The van der Waals surface area contributed by atoms with Crippen LogP contribution in [-0.4, -0.2) is 63.0 Å². The van der Waals surface area contributed by atoms with Crippen molar-refractivity contribution in [3.8, 4) is 5.82 Å². The highest BCUT2D eigenvalue weighted by Crippen LogP contribution is 2.29. The van der Waals surface area contributed by atoms with Crippen molar-refractivity contribution in [1.29, 1.82) is 0 Å². The van der Waals surface area contributed by atoms with Gasteiger partial charge in [0.25, 0.3) is 11.6 Å². The molecule has 3 N–H and O–H groups in total. The lowest BCUT2D eigenvalue weighted by Crippen LogP contribution is -2.46. The van der Waals surface area contributed by atoms with E-state index in [4.69, 9.17) is 5.73 Å². The highest BCUT2D eigenvalue weighted by atomic mass is 19.1. The number of carbonyl (C=O) groups excluding carboxylic acids is 1. The zero-order chi connectivity index (χ0) is 26.1. The molecule has 11 nitrogen and oxygen atoms in total. The lowest BCUT2D eigenvalue weighted by molar-refractivity contribution is -0.384. The summed E-state index contributed by atoms with van der Waals surface area (Å²) >= 11 is 0. The van der Waals surface area contributed by atoms with Crippen LogP contribution in [0.2, 0.25) is 0 Å². The minimum Gasteiger partial charge on any atom is -0.369 e. The fourth-order valence-electron chi connectivity index (χ4n) is 4.52. The Morgan fingerprint density at radius 2 is 1.97 bits per heavy atom. The van der Waals surface area contributed by atoms with E-state index >= 15 is 0 Å². The zero-order valence-corrected chi connectivity index (χ0v) is 20.1. The number of nitro groups is 1. The third-order valence-electron chi connectivity index (χ3n) is 6.51. The monoisotopic (exact) mass is 504 g/mol. The number of halogens is 1. The highest BCUT2D eigenvalue weighted by molar-refractivity contribution is 6.07. The molecule has 12 heteroatoms. The van der Waals surface area contributed by atoms with E-state index in [1.165, 1.54) is 29.0 Å². The molecule has 0 bridgehead atoms. The highest BCUT2D eigenvalue weighted by Gasteiger charge is 2.21. The number of likely N-dealkylation sites (N-methyl/N-ethyl adjacent to an activating group) is 1. The van der Waals surface area contributed by atoms with Crippen molar-refractivity contribution < 1.29 is 14.1 Å². The van der Waals surface area contributed by atoms with E-state index < -0.39 is 16.6 Å². The molecule has 1 aliphatic rings. The first-order valence-electron chi connectivity index (χ1n) is 11.8. The van der Waals surface area contributed by atoms with Gasteiger partial charge in [0.05, 0.1) is 22.2 Å². The summed E-state index contributed by atoms with van der Waals surface area (Å²) in [6, 6.07) is 11.8. The first-order chi connectivity index (χ1) is 17.8. The first kappa shape index (κ1) is 24.1. The van der Waals surface area contributed by atoms with Crippen molar-refractivity contribution in [1.82, 2.24) is 19.4 Å². The second-order valence-corrected chi connectivity index (χ2v) is 8.70. The van der Waals surface area contributed by atoms with Crippen molar-refractivity contribution in [2.45, 2.75) is 6.92 Å². The number of piperazine rings is 1. The zero-order valence-electron chi connectivity index (χ0n) is 20.1. The molecule has 37 heavy (non-hydrogen) atoms. The summed E-state index contributed by atoms with van der Waals surface area (Å²) in [7, 11) is 0. The Hall–Kier alpha value is -4.58. The van der Waals surface area contributed by atoms with E-state index in [9.17, 15) is 19.3 Å². The second-order valence-electron chi connectivity index (χ2n) is 8.70. The molecule has 5 rings (SSSR count). The Balaban J connectivity index is 1.47. The van der Waals surface area contributed by atoms with Gasteiger partial charge in [-0.2, -0.15) is 4.98 Å². The number of hydrogen-bond acceptors (Lipinski definition) is 8. The van der Waals surface area contributed by atoms with Gasteiger partial charge in [0, 0.05) is 61.3 Å². The van der Waals surface area contributed by atoms with Crippen LogP contribution < -0.4 is 16.0 Å². The lowest BCUT2D eigenvalue weighted by Gasteiger charge is -2.35. The number of nitro benzene ring substituents is 1. The van der Waals surface area contributed by atoms with Crippen LogP contribution in [0.1, 0.15) is 17.3 Å². The fourth-order valence-corrected chi connectivity index (χ4v) is 4.52. The normalized spacial score (nSPS) is 14.2. The molecule has 0 saturated carbocycles. The molecule has 2 aromatic carbocycles. The van der Waals surface area contributed by atoms with E-state index in [-0.39, 0.29) is 28.4 Å².